The van der Waals surface area contributed by atoms with Crippen molar-refractivity contribution in [2.24, 2.45) is 0 Å². The number of ether oxygens (including phenoxy) is 1. The number of halogens is 4. The Hall–Kier alpha value is -1.83. The summed E-state index contributed by atoms with van der Waals surface area (Å²) in [6.07, 6.45) is 0.172. The van der Waals surface area contributed by atoms with E-state index in [2.05, 4.69) is 36.1 Å². The van der Waals surface area contributed by atoms with Crippen molar-refractivity contribution in [1.29, 1.82) is 0 Å². The molecule has 9 nitrogen and oxygen atoms in total. The van der Waals surface area contributed by atoms with Gasteiger partial charge in [-0.15, -0.1) is 16.2 Å². The van der Waals surface area contributed by atoms with Crippen LogP contribution in [0.25, 0.3) is 17.3 Å². The van der Waals surface area contributed by atoms with E-state index in [1.807, 2.05) is 6.92 Å². The molecule has 3 aromatic rings. The molecule has 0 bridgehead atoms. The van der Waals surface area contributed by atoms with Gasteiger partial charge in [0.15, 0.2) is 5.82 Å². The Morgan fingerprint density at radius 3 is 2.30 bits per heavy atom. The number of methoxy groups -OCH3 is 1. The average Bonchev–Trinajstić information content (AvgIpc) is 3.19. The third-order valence-corrected chi connectivity index (χ3v) is 4.46. The first kappa shape index (κ1) is 26.2. The Morgan fingerprint density at radius 2 is 1.77 bits per heavy atom. The molecule has 3 heterocycles. The number of anilines is 1. The van der Waals surface area contributed by atoms with Crippen LogP contribution in [0.2, 0.25) is 0 Å². The summed E-state index contributed by atoms with van der Waals surface area (Å²) in [5.74, 6) is -0.0524. The SMILES string of the molecule is CO[C@@H](C)c1c([NH-])cnc(N)c1Br.[NH-]c1cnc(-n2nccn2)c(C(F)(F)F)c1.[Y]. The quantitative estimate of drug-likeness (QED) is 0.467. The Bertz CT molecular complexity index is 972. The molecule has 1 atom stereocenters. The first-order valence-electron chi connectivity index (χ1n) is 7.90. The second-order valence-corrected chi connectivity index (χ2v) is 6.37. The molecule has 30 heavy (non-hydrogen) atoms. The van der Waals surface area contributed by atoms with Gasteiger partial charge >= 0.3 is 6.18 Å². The van der Waals surface area contributed by atoms with Crippen LogP contribution in [-0.4, -0.2) is 32.1 Å². The summed E-state index contributed by atoms with van der Waals surface area (Å²) in [7, 11) is 1.59. The molecule has 0 saturated carbocycles. The van der Waals surface area contributed by atoms with Crippen LogP contribution in [0.5, 0.6) is 0 Å². The summed E-state index contributed by atoms with van der Waals surface area (Å²) in [5.41, 5.74) is 20.0. The largest absolute Gasteiger partial charge is 0.697 e. The number of hydrogen-bond donors (Lipinski definition) is 1. The van der Waals surface area contributed by atoms with Gasteiger partial charge in [0.2, 0.25) is 0 Å². The van der Waals surface area contributed by atoms with Crippen LogP contribution < -0.4 is 5.73 Å². The van der Waals surface area contributed by atoms with Gasteiger partial charge in [0.25, 0.3) is 0 Å². The molecular weight excluding hydrogens is 546 g/mol. The molecular formula is C16H16BrF3N8OY-2. The molecule has 3 aromatic heterocycles. The second kappa shape index (κ2) is 11.0. The zero-order valence-electron chi connectivity index (χ0n) is 15.8. The van der Waals surface area contributed by atoms with Gasteiger partial charge in [-0.3, -0.25) is 0 Å². The van der Waals surface area contributed by atoms with E-state index in [4.69, 9.17) is 21.9 Å². The van der Waals surface area contributed by atoms with Gasteiger partial charge in [0.1, 0.15) is 11.4 Å². The summed E-state index contributed by atoms with van der Waals surface area (Å²) in [5, 5.41) is 7.14. The van der Waals surface area contributed by atoms with Crippen molar-refractivity contribution < 1.29 is 50.6 Å². The van der Waals surface area contributed by atoms with Gasteiger partial charge in [0, 0.05) is 52.2 Å². The summed E-state index contributed by atoms with van der Waals surface area (Å²) in [6.45, 7) is 1.86. The van der Waals surface area contributed by atoms with E-state index in [9.17, 15) is 13.2 Å². The van der Waals surface area contributed by atoms with Gasteiger partial charge in [-0.05, 0) is 28.4 Å². The van der Waals surface area contributed by atoms with Crippen molar-refractivity contribution in [2.75, 3.05) is 12.8 Å². The number of nitrogens with one attached hydrogen (secondary N) is 2. The molecule has 159 valence electrons. The molecule has 0 unspecified atom stereocenters. The predicted octanol–water partition coefficient (Wildman–Crippen LogP) is 5.18. The van der Waals surface area contributed by atoms with Crippen molar-refractivity contribution >= 4 is 33.1 Å². The van der Waals surface area contributed by atoms with Crippen LogP contribution in [0.15, 0.2) is 35.3 Å². The maximum atomic E-state index is 12.6. The Labute approximate surface area is 203 Å². The number of pyridine rings is 2. The first-order chi connectivity index (χ1) is 13.6. The molecule has 0 aliphatic carbocycles. The monoisotopic (exact) mass is 561 g/mol. The molecule has 0 spiro atoms. The molecule has 1 radical (unpaired) electrons. The average molecular weight is 562 g/mol. The van der Waals surface area contributed by atoms with E-state index in [1.165, 1.54) is 18.6 Å². The third-order valence-electron chi connectivity index (χ3n) is 3.62. The maximum absolute atomic E-state index is 12.6. The first-order valence-corrected chi connectivity index (χ1v) is 8.69. The van der Waals surface area contributed by atoms with E-state index in [1.54, 1.807) is 7.11 Å². The standard InChI is InChI=1S/C8H11BrN3O.C8H5F3N5.Y/c1-4(13-2)6-5(10)3-12-8(11)7(6)9;9-8(10,11)6-3-5(12)4-13-7(6)16-14-1-2-15-16;/h3-4,10H,1-2H3,(H2,11,12);1-4,12H;/q2*-1;/t4-;;/m0../s1. The van der Waals surface area contributed by atoms with Crippen molar-refractivity contribution in [3.63, 3.8) is 0 Å². The van der Waals surface area contributed by atoms with Crippen LogP contribution in [0.3, 0.4) is 0 Å². The number of nitrogens with two attached hydrogens (primary N) is 1. The summed E-state index contributed by atoms with van der Waals surface area (Å²) in [4.78, 5) is 8.13. The Morgan fingerprint density at radius 1 is 1.17 bits per heavy atom. The van der Waals surface area contributed by atoms with E-state index in [-0.39, 0.29) is 44.5 Å². The number of rotatable bonds is 3. The van der Waals surface area contributed by atoms with Crippen LogP contribution in [0, 0.1) is 0 Å². The fraction of sp³-hybridized carbons (Fsp3) is 0.250. The number of nitrogens with zero attached hydrogens (tertiary/aromatic N) is 5. The molecule has 0 aliphatic heterocycles. The van der Waals surface area contributed by atoms with Gasteiger partial charge < -0.3 is 21.9 Å². The van der Waals surface area contributed by atoms with Crippen molar-refractivity contribution in [2.45, 2.75) is 19.2 Å². The van der Waals surface area contributed by atoms with E-state index >= 15 is 0 Å². The van der Waals surface area contributed by atoms with Gasteiger partial charge in [0.05, 0.1) is 23.0 Å². The minimum atomic E-state index is -4.59. The van der Waals surface area contributed by atoms with E-state index in [0.717, 1.165) is 16.6 Å². The molecule has 0 saturated heterocycles. The topological polar surface area (TPSA) is 139 Å². The second-order valence-electron chi connectivity index (χ2n) is 5.57. The van der Waals surface area contributed by atoms with Crippen LogP contribution in [-0.2, 0) is 43.6 Å². The van der Waals surface area contributed by atoms with Crippen molar-refractivity contribution in [3.05, 3.63) is 57.9 Å². The number of alkyl halides is 3. The van der Waals surface area contributed by atoms with Crippen molar-refractivity contribution in [1.82, 2.24) is 25.0 Å². The third kappa shape index (κ3) is 6.33. The van der Waals surface area contributed by atoms with Crippen LogP contribution >= 0.6 is 15.9 Å². The molecule has 4 N–H and O–H groups in total. The molecule has 0 aliphatic rings. The minimum absolute atomic E-state index is 0. The normalized spacial score (nSPS) is 11.8. The number of nitrogen functional groups attached to an aromatic ring is 1. The number of hydrogen-bond acceptors (Lipinski definition) is 6. The molecule has 3 rings (SSSR count). The van der Waals surface area contributed by atoms with Gasteiger partial charge in [-0.25, -0.2) is 9.97 Å². The maximum Gasteiger partial charge on any atom is 0.420 e. The van der Waals surface area contributed by atoms with E-state index < -0.39 is 17.6 Å². The van der Waals surface area contributed by atoms with Crippen LogP contribution in [0.4, 0.5) is 30.4 Å². The van der Waals surface area contributed by atoms with E-state index in [0.29, 0.717) is 22.0 Å². The zero-order valence-corrected chi connectivity index (χ0v) is 20.2. The Balaban J connectivity index is 0.000000297. The summed E-state index contributed by atoms with van der Waals surface area (Å²) >= 11 is 3.28. The van der Waals surface area contributed by atoms with Gasteiger partial charge in [-0.1, -0.05) is 6.07 Å². The van der Waals surface area contributed by atoms with Gasteiger partial charge in [-0.2, -0.15) is 23.4 Å². The number of aromatic nitrogens is 5. The fourth-order valence-electron chi connectivity index (χ4n) is 2.18. The summed E-state index contributed by atoms with van der Waals surface area (Å²) in [6, 6.07) is 0.686. The molecule has 14 heteroatoms. The smallest absolute Gasteiger partial charge is 0.420 e. The predicted molar refractivity (Wildman–Crippen MR) is 104 cm³/mol. The molecule has 0 fully saturated rings. The summed E-state index contributed by atoms with van der Waals surface area (Å²) < 4.78 is 43.7. The zero-order chi connectivity index (χ0) is 21.8. The van der Waals surface area contributed by atoms with Crippen LogP contribution in [0.1, 0.15) is 24.2 Å². The van der Waals surface area contributed by atoms with Crippen molar-refractivity contribution in [3.8, 4) is 5.82 Å². The fourth-order valence-corrected chi connectivity index (χ4v) is 2.82. The molecule has 0 amide bonds. The molecule has 0 aromatic carbocycles. The minimum Gasteiger partial charge on any atom is -0.697 e. The Kier molecular flexibility index (Phi) is 9.59.